The molecule has 8 heteroatoms. The van der Waals surface area contributed by atoms with Crippen molar-refractivity contribution < 1.29 is 23.5 Å². The summed E-state index contributed by atoms with van der Waals surface area (Å²) in [7, 11) is 0. The lowest BCUT2D eigenvalue weighted by Gasteiger charge is -2.13. The average Bonchev–Trinajstić information content (AvgIpc) is 2.62. The summed E-state index contributed by atoms with van der Waals surface area (Å²) in [5.74, 6) is -2.94. The molecule has 0 saturated heterocycles. The smallest absolute Gasteiger partial charge is 0.341 e. The second kappa shape index (κ2) is 9.32. The molecule has 0 aliphatic heterocycles. The molecule has 0 bridgehead atoms. The van der Waals surface area contributed by atoms with Gasteiger partial charge in [0.15, 0.2) is 6.61 Å². The Labute approximate surface area is 167 Å². The van der Waals surface area contributed by atoms with E-state index < -0.39 is 30.2 Å². The summed E-state index contributed by atoms with van der Waals surface area (Å²) in [5, 5.41) is 5.24. The zero-order valence-electron chi connectivity index (χ0n) is 15.7. The fraction of sp³-hybridized carbons (Fsp3) is 0.250. The summed E-state index contributed by atoms with van der Waals surface area (Å²) in [4.78, 5) is 35.7. The van der Waals surface area contributed by atoms with Crippen molar-refractivity contribution in [1.82, 2.24) is 5.32 Å². The first-order valence-corrected chi connectivity index (χ1v) is 8.81. The monoisotopic (exact) mass is 406 g/mol. The zero-order chi connectivity index (χ0) is 20.8. The van der Waals surface area contributed by atoms with Crippen LogP contribution in [0.5, 0.6) is 0 Å². The summed E-state index contributed by atoms with van der Waals surface area (Å²) in [5.41, 5.74) is 3.22. The number of esters is 1. The lowest BCUT2D eigenvalue weighted by molar-refractivity contribution is -0.126. The SMILES string of the molecule is Cc1cc(C)c(NC(=O)CNC(=O)COC(=O)c2cc(Cl)ccc2F)c(C)c1. The summed E-state index contributed by atoms with van der Waals surface area (Å²) >= 11 is 5.71. The molecule has 148 valence electrons. The van der Waals surface area contributed by atoms with E-state index in [1.807, 2.05) is 32.9 Å². The molecule has 0 spiro atoms. The highest BCUT2D eigenvalue weighted by Crippen LogP contribution is 2.21. The lowest BCUT2D eigenvalue weighted by atomic mass is 10.1. The molecule has 2 amide bonds. The number of carbonyl (C=O) groups excluding carboxylic acids is 3. The fourth-order valence-electron chi connectivity index (χ4n) is 2.65. The van der Waals surface area contributed by atoms with E-state index in [-0.39, 0.29) is 17.1 Å². The molecule has 0 heterocycles. The Hall–Kier alpha value is -2.93. The van der Waals surface area contributed by atoms with Gasteiger partial charge in [-0.25, -0.2) is 9.18 Å². The van der Waals surface area contributed by atoms with Gasteiger partial charge < -0.3 is 15.4 Å². The van der Waals surface area contributed by atoms with Crippen molar-refractivity contribution in [3.8, 4) is 0 Å². The molecular formula is C20H20ClFN2O4. The molecule has 0 unspecified atom stereocenters. The maximum absolute atomic E-state index is 13.6. The van der Waals surface area contributed by atoms with E-state index in [0.29, 0.717) is 5.69 Å². The van der Waals surface area contributed by atoms with Crippen LogP contribution in [-0.2, 0) is 14.3 Å². The molecule has 0 fully saturated rings. The minimum atomic E-state index is -1.02. The summed E-state index contributed by atoms with van der Waals surface area (Å²) in [6, 6.07) is 7.30. The molecule has 2 aromatic carbocycles. The molecule has 0 aromatic heterocycles. The molecule has 0 atom stereocenters. The number of rotatable bonds is 6. The van der Waals surface area contributed by atoms with Gasteiger partial charge in [-0.2, -0.15) is 0 Å². The van der Waals surface area contributed by atoms with Gasteiger partial charge in [0.1, 0.15) is 5.82 Å². The van der Waals surface area contributed by atoms with Crippen molar-refractivity contribution in [2.75, 3.05) is 18.5 Å². The number of halogens is 2. The number of ether oxygens (including phenoxy) is 1. The third-order valence-corrected chi connectivity index (χ3v) is 4.11. The highest BCUT2D eigenvalue weighted by molar-refractivity contribution is 6.30. The first-order chi connectivity index (χ1) is 13.2. The Balaban J connectivity index is 1.83. The highest BCUT2D eigenvalue weighted by atomic mass is 35.5. The number of amides is 2. The predicted molar refractivity (Wildman–Crippen MR) is 104 cm³/mol. The van der Waals surface area contributed by atoms with Crippen LogP contribution in [0.3, 0.4) is 0 Å². The Morgan fingerprint density at radius 2 is 1.68 bits per heavy atom. The van der Waals surface area contributed by atoms with Crippen LogP contribution in [0.2, 0.25) is 5.02 Å². The first kappa shape index (κ1) is 21.4. The van der Waals surface area contributed by atoms with E-state index in [0.717, 1.165) is 28.8 Å². The quantitative estimate of drug-likeness (QED) is 0.721. The Morgan fingerprint density at radius 3 is 2.32 bits per heavy atom. The predicted octanol–water partition coefficient (Wildman–Crippen LogP) is 3.32. The number of hydrogen-bond acceptors (Lipinski definition) is 4. The normalized spacial score (nSPS) is 10.3. The maximum atomic E-state index is 13.6. The van der Waals surface area contributed by atoms with Crippen LogP contribution in [0.25, 0.3) is 0 Å². The number of hydrogen-bond donors (Lipinski definition) is 2. The number of nitrogens with one attached hydrogen (secondary N) is 2. The van der Waals surface area contributed by atoms with Crippen LogP contribution in [0.4, 0.5) is 10.1 Å². The van der Waals surface area contributed by atoms with Gasteiger partial charge in [-0.05, 0) is 50.1 Å². The van der Waals surface area contributed by atoms with Crippen molar-refractivity contribution in [2.24, 2.45) is 0 Å². The maximum Gasteiger partial charge on any atom is 0.341 e. The molecule has 28 heavy (non-hydrogen) atoms. The third kappa shape index (κ3) is 5.79. The number of aryl methyl sites for hydroxylation is 3. The van der Waals surface area contributed by atoms with Gasteiger partial charge >= 0.3 is 5.97 Å². The van der Waals surface area contributed by atoms with Crippen LogP contribution >= 0.6 is 11.6 Å². The minimum absolute atomic E-state index is 0.163. The van der Waals surface area contributed by atoms with Crippen LogP contribution in [0.15, 0.2) is 30.3 Å². The van der Waals surface area contributed by atoms with Gasteiger partial charge in [-0.3, -0.25) is 9.59 Å². The van der Waals surface area contributed by atoms with E-state index in [2.05, 4.69) is 10.6 Å². The van der Waals surface area contributed by atoms with Crippen LogP contribution in [0.1, 0.15) is 27.0 Å². The second-order valence-corrected chi connectivity index (χ2v) is 6.74. The number of benzene rings is 2. The molecule has 2 N–H and O–H groups in total. The average molecular weight is 407 g/mol. The van der Waals surface area contributed by atoms with Gasteiger partial charge in [0.2, 0.25) is 5.91 Å². The van der Waals surface area contributed by atoms with Crippen molar-refractivity contribution in [1.29, 1.82) is 0 Å². The molecule has 2 rings (SSSR count). The van der Waals surface area contributed by atoms with Gasteiger partial charge in [-0.15, -0.1) is 0 Å². The Kier molecular flexibility index (Phi) is 7.12. The minimum Gasteiger partial charge on any atom is -0.452 e. The molecule has 0 aliphatic rings. The lowest BCUT2D eigenvalue weighted by Crippen LogP contribution is -2.35. The summed E-state index contributed by atoms with van der Waals surface area (Å²) in [6.45, 7) is 4.77. The van der Waals surface area contributed by atoms with E-state index in [9.17, 15) is 18.8 Å². The van der Waals surface area contributed by atoms with Gasteiger partial charge in [0.05, 0.1) is 12.1 Å². The Bertz CT molecular complexity index is 907. The first-order valence-electron chi connectivity index (χ1n) is 8.44. The van der Waals surface area contributed by atoms with Crippen molar-refractivity contribution in [3.63, 3.8) is 0 Å². The van der Waals surface area contributed by atoms with Crippen molar-refractivity contribution >= 4 is 35.1 Å². The van der Waals surface area contributed by atoms with E-state index in [4.69, 9.17) is 16.3 Å². The standard InChI is InChI=1S/C20H20ClFN2O4/c1-11-6-12(2)19(13(3)7-11)24-17(25)9-23-18(26)10-28-20(27)15-8-14(21)4-5-16(15)22/h4-8H,9-10H2,1-3H3,(H,23,26)(H,24,25). The van der Waals surface area contributed by atoms with E-state index >= 15 is 0 Å². The van der Waals surface area contributed by atoms with Gasteiger partial charge in [0.25, 0.3) is 5.91 Å². The molecule has 2 aromatic rings. The molecule has 0 aliphatic carbocycles. The van der Waals surface area contributed by atoms with Crippen molar-refractivity contribution in [2.45, 2.75) is 20.8 Å². The van der Waals surface area contributed by atoms with Gasteiger partial charge in [0, 0.05) is 10.7 Å². The van der Waals surface area contributed by atoms with E-state index in [1.165, 1.54) is 6.07 Å². The van der Waals surface area contributed by atoms with Crippen LogP contribution in [-0.4, -0.2) is 30.9 Å². The molecule has 0 radical (unpaired) electrons. The topological polar surface area (TPSA) is 84.5 Å². The van der Waals surface area contributed by atoms with Crippen LogP contribution < -0.4 is 10.6 Å². The zero-order valence-corrected chi connectivity index (χ0v) is 16.4. The molecular weight excluding hydrogens is 387 g/mol. The van der Waals surface area contributed by atoms with Crippen LogP contribution in [0, 0.1) is 26.6 Å². The Morgan fingerprint density at radius 1 is 1.04 bits per heavy atom. The second-order valence-electron chi connectivity index (χ2n) is 6.30. The molecule has 0 saturated carbocycles. The van der Waals surface area contributed by atoms with Crippen molar-refractivity contribution in [3.05, 3.63) is 63.4 Å². The van der Waals surface area contributed by atoms with Gasteiger partial charge in [-0.1, -0.05) is 29.3 Å². The number of carbonyl (C=O) groups is 3. The largest absolute Gasteiger partial charge is 0.452 e. The summed E-state index contributed by atoms with van der Waals surface area (Å²) in [6.07, 6.45) is 0. The highest BCUT2D eigenvalue weighted by Gasteiger charge is 2.16. The molecule has 6 nitrogen and oxygen atoms in total. The number of anilines is 1. The fourth-order valence-corrected chi connectivity index (χ4v) is 2.83. The third-order valence-electron chi connectivity index (χ3n) is 3.87. The van der Waals surface area contributed by atoms with E-state index in [1.54, 1.807) is 0 Å². The summed E-state index contributed by atoms with van der Waals surface area (Å²) < 4.78 is 18.3.